The van der Waals surface area contributed by atoms with Crippen molar-refractivity contribution in [2.75, 3.05) is 0 Å². The lowest BCUT2D eigenvalue weighted by atomic mass is 9.98. The van der Waals surface area contributed by atoms with Crippen LogP contribution in [0.3, 0.4) is 0 Å². The zero-order valence-corrected chi connectivity index (χ0v) is 11.7. The van der Waals surface area contributed by atoms with Crippen molar-refractivity contribution in [2.45, 2.75) is 45.6 Å². The minimum absolute atomic E-state index is 0.0256. The number of carbonyl (C=O) groups excluding carboxylic acids is 3. The van der Waals surface area contributed by atoms with E-state index in [1.807, 2.05) is 26.0 Å². The van der Waals surface area contributed by atoms with E-state index >= 15 is 0 Å². The number of nitrogens with zero attached hydrogens (tertiary/aromatic N) is 1. The van der Waals surface area contributed by atoms with E-state index in [2.05, 4.69) is 5.32 Å². The number of hydrogen-bond acceptors (Lipinski definition) is 3. The minimum atomic E-state index is -0.554. The van der Waals surface area contributed by atoms with Gasteiger partial charge in [-0.25, -0.2) is 0 Å². The fourth-order valence-electron chi connectivity index (χ4n) is 3.24. The standard InChI is InChI=1S/C15H18N2O3/c1-3-4-10-9(2)15(7-8-15)14(20)17(10)11-5-6-12(18)16-13(11)19/h3-4,11H,5-8H2,1-2H3,(H,16,18,19)/b4-3-. The lowest BCUT2D eigenvalue weighted by Gasteiger charge is -2.31. The van der Waals surface area contributed by atoms with Crippen LogP contribution in [0.15, 0.2) is 23.4 Å². The van der Waals surface area contributed by atoms with Gasteiger partial charge in [-0.3, -0.25) is 24.6 Å². The van der Waals surface area contributed by atoms with Crippen LogP contribution in [0, 0.1) is 5.41 Å². The van der Waals surface area contributed by atoms with Crippen LogP contribution < -0.4 is 5.32 Å². The lowest BCUT2D eigenvalue weighted by Crippen LogP contribution is -2.53. The molecule has 1 saturated heterocycles. The molecule has 3 aliphatic rings. The molecule has 0 aromatic heterocycles. The first kappa shape index (κ1) is 13.1. The first-order valence-electron chi connectivity index (χ1n) is 7.02. The number of carbonyl (C=O) groups is 3. The van der Waals surface area contributed by atoms with Crippen molar-refractivity contribution in [2.24, 2.45) is 5.41 Å². The molecule has 5 nitrogen and oxygen atoms in total. The highest BCUT2D eigenvalue weighted by Gasteiger charge is 2.60. The summed E-state index contributed by atoms with van der Waals surface area (Å²) in [5.74, 6) is -0.591. The molecule has 5 heteroatoms. The fraction of sp³-hybridized carbons (Fsp3) is 0.533. The monoisotopic (exact) mass is 274 g/mol. The van der Waals surface area contributed by atoms with E-state index in [1.54, 1.807) is 4.90 Å². The third-order valence-corrected chi connectivity index (χ3v) is 4.59. The zero-order chi connectivity index (χ0) is 14.5. The SMILES string of the molecule is C/C=C\C1=C(C)C2(CC2)C(=O)N1C1CCC(=O)NC1=O. The summed E-state index contributed by atoms with van der Waals surface area (Å²) < 4.78 is 0. The van der Waals surface area contributed by atoms with E-state index in [9.17, 15) is 14.4 Å². The van der Waals surface area contributed by atoms with Gasteiger partial charge in [0.15, 0.2) is 0 Å². The molecule has 0 bridgehead atoms. The van der Waals surface area contributed by atoms with Crippen molar-refractivity contribution in [3.8, 4) is 0 Å². The van der Waals surface area contributed by atoms with Crippen molar-refractivity contribution in [3.05, 3.63) is 23.4 Å². The molecule has 20 heavy (non-hydrogen) atoms. The van der Waals surface area contributed by atoms with Gasteiger partial charge in [0.05, 0.1) is 5.41 Å². The van der Waals surface area contributed by atoms with Gasteiger partial charge in [0, 0.05) is 12.1 Å². The van der Waals surface area contributed by atoms with Crippen LogP contribution >= 0.6 is 0 Å². The smallest absolute Gasteiger partial charge is 0.249 e. The molecule has 0 aromatic carbocycles. The van der Waals surface area contributed by atoms with Crippen molar-refractivity contribution in [1.82, 2.24) is 10.2 Å². The highest BCUT2D eigenvalue weighted by atomic mass is 16.2. The van der Waals surface area contributed by atoms with Crippen molar-refractivity contribution in [1.29, 1.82) is 0 Å². The Balaban J connectivity index is 1.98. The van der Waals surface area contributed by atoms with Gasteiger partial charge in [0.25, 0.3) is 0 Å². The van der Waals surface area contributed by atoms with Crippen molar-refractivity contribution >= 4 is 17.7 Å². The van der Waals surface area contributed by atoms with Gasteiger partial charge in [0.2, 0.25) is 17.7 Å². The third-order valence-electron chi connectivity index (χ3n) is 4.59. The Bertz CT molecular complexity index is 570. The highest BCUT2D eigenvalue weighted by molar-refractivity contribution is 6.04. The third kappa shape index (κ3) is 1.65. The molecule has 106 valence electrons. The number of nitrogens with one attached hydrogen (secondary N) is 1. The summed E-state index contributed by atoms with van der Waals surface area (Å²) in [5.41, 5.74) is 1.53. The Hall–Kier alpha value is -1.91. The van der Waals surface area contributed by atoms with Crippen LogP contribution in [-0.2, 0) is 14.4 Å². The topological polar surface area (TPSA) is 66.5 Å². The summed E-state index contributed by atoms with van der Waals surface area (Å²) in [6.07, 6.45) is 6.19. The molecule has 1 aliphatic carbocycles. The number of imide groups is 1. The number of allylic oxidation sites excluding steroid dienone is 2. The molecule has 3 amide bonds. The van der Waals surface area contributed by atoms with Crippen molar-refractivity contribution in [3.63, 3.8) is 0 Å². The second-order valence-corrected chi connectivity index (χ2v) is 5.73. The van der Waals surface area contributed by atoms with Crippen LogP contribution in [0.1, 0.15) is 39.5 Å². The normalized spacial score (nSPS) is 28.8. The Labute approximate surface area is 117 Å². The predicted octanol–water partition coefficient (Wildman–Crippen LogP) is 1.26. The van der Waals surface area contributed by atoms with Crippen LogP contribution in [0.4, 0.5) is 0 Å². The average Bonchev–Trinajstić information content (AvgIpc) is 3.17. The van der Waals surface area contributed by atoms with Crippen LogP contribution in [0.5, 0.6) is 0 Å². The molecule has 1 unspecified atom stereocenters. The molecule has 2 heterocycles. The Kier molecular flexibility index (Phi) is 2.81. The van der Waals surface area contributed by atoms with E-state index in [1.165, 1.54) is 0 Å². The maximum Gasteiger partial charge on any atom is 0.249 e. The van der Waals surface area contributed by atoms with Crippen LogP contribution in [-0.4, -0.2) is 28.7 Å². The average molecular weight is 274 g/mol. The first-order chi connectivity index (χ1) is 9.51. The van der Waals surface area contributed by atoms with E-state index in [4.69, 9.17) is 0 Å². The molecule has 1 atom stereocenters. The molecule has 1 spiro atoms. The Morgan fingerprint density at radius 2 is 2.00 bits per heavy atom. The second kappa shape index (κ2) is 4.30. The summed E-state index contributed by atoms with van der Waals surface area (Å²) in [6.45, 7) is 3.87. The van der Waals surface area contributed by atoms with E-state index in [0.717, 1.165) is 24.1 Å². The van der Waals surface area contributed by atoms with Crippen LogP contribution in [0.25, 0.3) is 0 Å². The Morgan fingerprint density at radius 1 is 1.30 bits per heavy atom. The maximum absolute atomic E-state index is 12.7. The second-order valence-electron chi connectivity index (χ2n) is 5.73. The van der Waals surface area contributed by atoms with E-state index in [-0.39, 0.29) is 29.6 Å². The quantitative estimate of drug-likeness (QED) is 0.771. The summed E-state index contributed by atoms with van der Waals surface area (Å²) in [7, 11) is 0. The van der Waals surface area contributed by atoms with Gasteiger partial charge in [-0.2, -0.15) is 0 Å². The molecule has 1 saturated carbocycles. The molecule has 3 rings (SSSR count). The van der Waals surface area contributed by atoms with Gasteiger partial charge < -0.3 is 0 Å². The van der Waals surface area contributed by atoms with Gasteiger partial charge in [-0.1, -0.05) is 6.08 Å². The lowest BCUT2D eigenvalue weighted by molar-refractivity contribution is -0.144. The number of piperidine rings is 1. The maximum atomic E-state index is 12.7. The van der Waals surface area contributed by atoms with E-state index < -0.39 is 6.04 Å². The summed E-state index contributed by atoms with van der Waals surface area (Å²) >= 11 is 0. The molecular formula is C15H18N2O3. The van der Waals surface area contributed by atoms with Gasteiger partial charge >= 0.3 is 0 Å². The summed E-state index contributed by atoms with van der Waals surface area (Å²) in [6, 6.07) is -0.554. The Morgan fingerprint density at radius 3 is 2.55 bits per heavy atom. The molecule has 2 fully saturated rings. The van der Waals surface area contributed by atoms with Crippen molar-refractivity contribution < 1.29 is 14.4 Å². The van der Waals surface area contributed by atoms with Gasteiger partial charge in [0.1, 0.15) is 6.04 Å². The minimum Gasteiger partial charge on any atom is -0.299 e. The van der Waals surface area contributed by atoms with Gasteiger partial charge in [-0.15, -0.1) is 0 Å². The molecular weight excluding hydrogens is 256 g/mol. The number of hydrogen-bond donors (Lipinski definition) is 1. The van der Waals surface area contributed by atoms with Gasteiger partial charge in [-0.05, 0) is 44.8 Å². The number of amides is 3. The molecule has 2 aliphatic heterocycles. The fourth-order valence-corrected chi connectivity index (χ4v) is 3.24. The first-order valence-corrected chi connectivity index (χ1v) is 7.02. The largest absolute Gasteiger partial charge is 0.299 e. The van der Waals surface area contributed by atoms with E-state index in [0.29, 0.717) is 6.42 Å². The summed E-state index contributed by atoms with van der Waals surface area (Å²) in [4.78, 5) is 37.6. The highest BCUT2D eigenvalue weighted by Crippen LogP contribution is 2.59. The predicted molar refractivity (Wildman–Crippen MR) is 72.2 cm³/mol. The van der Waals surface area contributed by atoms with Crippen LogP contribution in [0.2, 0.25) is 0 Å². The molecule has 0 radical (unpaired) electrons. The number of rotatable bonds is 2. The summed E-state index contributed by atoms with van der Waals surface area (Å²) in [5, 5.41) is 2.33. The zero-order valence-electron chi connectivity index (χ0n) is 11.7. The molecule has 1 N–H and O–H groups in total. The molecule has 0 aromatic rings.